The number of nitro groups is 1. The highest BCUT2D eigenvalue weighted by molar-refractivity contribution is 5.47. The SMILES string of the molecule is CCCC(C)(C)Nc1cc(C)c([N+](=O)[O-])cn1. The molecule has 0 bridgehead atoms. The fourth-order valence-corrected chi connectivity index (χ4v) is 1.84. The normalized spacial score (nSPS) is 11.3. The van der Waals surface area contributed by atoms with E-state index in [0.717, 1.165) is 12.8 Å². The predicted molar refractivity (Wildman–Crippen MR) is 68.2 cm³/mol. The van der Waals surface area contributed by atoms with Crippen LogP contribution in [0.3, 0.4) is 0 Å². The molecule has 0 saturated carbocycles. The van der Waals surface area contributed by atoms with Crippen molar-refractivity contribution in [3.05, 3.63) is 27.9 Å². The number of nitrogens with one attached hydrogen (secondary N) is 1. The molecule has 0 aliphatic rings. The second-order valence-corrected chi connectivity index (χ2v) is 4.87. The number of rotatable bonds is 5. The number of hydrogen-bond donors (Lipinski definition) is 1. The van der Waals surface area contributed by atoms with Gasteiger partial charge >= 0.3 is 0 Å². The summed E-state index contributed by atoms with van der Waals surface area (Å²) in [5.74, 6) is 0.687. The number of anilines is 1. The number of nitrogens with zero attached hydrogens (tertiary/aromatic N) is 2. The molecule has 5 nitrogen and oxygen atoms in total. The second-order valence-electron chi connectivity index (χ2n) is 4.87. The van der Waals surface area contributed by atoms with Gasteiger partial charge < -0.3 is 5.32 Å². The van der Waals surface area contributed by atoms with Gasteiger partial charge in [0.1, 0.15) is 12.0 Å². The monoisotopic (exact) mass is 237 g/mol. The molecule has 0 saturated heterocycles. The summed E-state index contributed by atoms with van der Waals surface area (Å²) >= 11 is 0. The lowest BCUT2D eigenvalue weighted by Gasteiger charge is -2.26. The summed E-state index contributed by atoms with van der Waals surface area (Å²) in [6, 6.07) is 1.72. The summed E-state index contributed by atoms with van der Waals surface area (Å²) < 4.78 is 0. The first-order chi connectivity index (χ1) is 7.85. The Bertz CT molecular complexity index is 416. The number of aryl methyl sites for hydroxylation is 1. The van der Waals surface area contributed by atoms with Gasteiger partial charge in [0.25, 0.3) is 5.69 Å². The third kappa shape index (κ3) is 3.69. The molecule has 1 aromatic heterocycles. The van der Waals surface area contributed by atoms with E-state index in [0.29, 0.717) is 11.4 Å². The van der Waals surface area contributed by atoms with Gasteiger partial charge in [-0.15, -0.1) is 0 Å². The number of hydrogen-bond acceptors (Lipinski definition) is 4. The highest BCUT2D eigenvalue weighted by Gasteiger charge is 2.18. The van der Waals surface area contributed by atoms with Crippen molar-refractivity contribution >= 4 is 11.5 Å². The second kappa shape index (κ2) is 5.12. The van der Waals surface area contributed by atoms with Gasteiger partial charge in [-0.3, -0.25) is 10.1 Å². The molecule has 94 valence electrons. The van der Waals surface area contributed by atoms with Crippen LogP contribution in [0.4, 0.5) is 11.5 Å². The molecule has 0 aliphatic carbocycles. The van der Waals surface area contributed by atoms with Crippen molar-refractivity contribution in [2.45, 2.75) is 46.1 Å². The third-order valence-corrected chi connectivity index (χ3v) is 2.62. The molecule has 1 rings (SSSR count). The van der Waals surface area contributed by atoms with E-state index in [2.05, 4.69) is 31.1 Å². The largest absolute Gasteiger partial charge is 0.365 e. The molecular weight excluding hydrogens is 218 g/mol. The maximum atomic E-state index is 10.7. The highest BCUT2D eigenvalue weighted by atomic mass is 16.6. The third-order valence-electron chi connectivity index (χ3n) is 2.62. The van der Waals surface area contributed by atoms with Gasteiger partial charge in [0.05, 0.1) is 4.92 Å². The Hall–Kier alpha value is -1.65. The standard InChI is InChI=1S/C12H19N3O2/c1-5-6-12(3,4)14-11-7-9(2)10(8-13-11)15(16)17/h7-8H,5-6H2,1-4H3,(H,13,14). The Kier molecular flexibility index (Phi) is 4.04. The van der Waals surface area contributed by atoms with Crippen LogP contribution in [-0.4, -0.2) is 15.4 Å². The van der Waals surface area contributed by atoms with Crippen molar-refractivity contribution < 1.29 is 4.92 Å². The van der Waals surface area contributed by atoms with Crippen molar-refractivity contribution in [2.75, 3.05) is 5.32 Å². The van der Waals surface area contributed by atoms with Gasteiger partial charge in [-0.2, -0.15) is 0 Å². The van der Waals surface area contributed by atoms with Gasteiger partial charge in [0.2, 0.25) is 0 Å². The fraction of sp³-hybridized carbons (Fsp3) is 0.583. The Morgan fingerprint density at radius 1 is 1.53 bits per heavy atom. The molecule has 0 atom stereocenters. The maximum absolute atomic E-state index is 10.7. The Labute approximate surface area is 101 Å². The lowest BCUT2D eigenvalue weighted by atomic mass is 9.99. The molecule has 0 fully saturated rings. The minimum Gasteiger partial charge on any atom is -0.365 e. The Balaban J connectivity index is 2.88. The van der Waals surface area contributed by atoms with E-state index in [9.17, 15) is 10.1 Å². The molecule has 0 unspecified atom stereocenters. The first kappa shape index (κ1) is 13.4. The van der Waals surface area contributed by atoms with Crippen LogP contribution >= 0.6 is 0 Å². The van der Waals surface area contributed by atoms with Crippen molar-refractivity contribution in [3.63, 3.8) is 0 Å². The lowest BCUT2D eigenvalue weighted by molar-refractivity contribution is -0.385. The smallest absolute Gasteiger partial charge is 0.290 e. The van der Waals surface area contributed by atoms with Crippen LogP contribution in [0.5, 0.6) is 0 Å². The van der Waals surface area contributed by atoms with E-state index < -0.39 is 4.92 Å². The highest BCUT2D eigenvalue weighted by Crippen LogP contribution is 2.22. The van der Waals surface area contributed by atoms with E-state index in [1.165, 1.54) is 6.20 Å². The summed E-state index contributed by atoms with van der Waals surface area (Å²) in [4.78, 5) is 14.3. The van der Waals surface area contributed by atoms with E-state index in [-0.39, 0.29) is 11.2 Å². The summed E-state index contributed by atoms with van der Waals surface area (Å²) in [6.45, 7) is 8.03. The molecule has 0 aliphatic heterocycles. The summed E-state index contributed by atoms with van der Waals surface area (Å²) in [5, 5.41) is 14.0. The molecule has 0 spiro atoms. The molecule has 0 aromatic carbocycles. The molecule has 17 heavy (non-hydrogen) atoms. The lowest BCUT2D eigenvalue weighted by Crippen LogP contribution is -2.30. The zero-order valence-electron chi connectivity index (χ0n) is 10.8. The van der Waals surface area contributed by atoms with Gasteiger partial charge in [0, 0.05) is 11.1 Å². The minimum atomic E-state index is -0.413. The van der Waals surface area contributed by atoms with Crippen molar-refractivity contribution in [3.8, 4) is 0 Å². The molecule has 0 radical (unpaired) electrons. The van der Waals surface area contributed by atoms with E-state index in [1.807, 2.05) is 0 Å². The predicted octanol–water partition coefficient (Wildman–Crippen LogP) is 3.29. The molecule has 1 aromatic rings. The Morgan fingerprint density at radius 2 is 2.18 bits per heavy atom. The first-order valence-electron chi connectivity index (χ1n) is 5.75. The molecule has 0 amide bonds. The van der Waals surface area contributed by atoms with Crippen molar-refractivity contribution in [1.29, 1.82) is 0 Å². The average Bonchev–Trinajstić information content (AvgIpc) is 2.15. The quantitative estimate of drug-likeness (QED) is 0.630. The first-order valence-corrected chi connectivity index (χ1v) is 5.75. The van der Waals surface area contributed by atoms with Crippen LogP contribution in [-0.2, 0) is 0 Å². The van der Waals surface area contributed by atoms with Crippen LogP contribution < -0.4 is 5.32 Å². The summed E-state index contributed by atoms with van der Waals surface area (Å²) in [6.07, 6.45) is 3.40. The van der Waals surface area contributed by atoms with Crippen LogP contribution in [0.2, 0.25) is 0 Å². The number of aromatic nitrogens is 1. The van der Waals surface area contributed by atoms with E-state index >= 15 is 0 Å². The van der Waals surface area contributed by atoms with Gasteiger partial charge in [-0.1, -0.05) is 13.3 Å². The van der Waals surface area contributed by atoms with Gasteiger partial charge in [-0.05, 0) is 33.3 Å². The van der Waals surface area contributed by atoms with Gasteiger partial charge in [0.15, 0.2) is 0 Å². The van der Waals surface area contributed by atoms with E-state index in [4.69, 9.17) is 0 Å². The topological polar surface area (TPSA) is 68.1 Å². The van der Waals surface area contributed by atoms with Crippen LogP contribution in [0.15, 0.2) is 12.3 Å². The van der Waals surface area contributed by atoms with Gasteiger partial charge in [-0.25, -0.2) is 4.98 Å². The van der Waals surface area contributed by atoms with Crippen LogP contribution in [0.25, 0.3) is 0 Å². The molecular formula is C12H19N3O2. The van der Waals surface area contributed by atoms with E-state index in [1.54, 1.807) is 13.0 Å². The summed E-state index contributed by atoms with van der Waals surface area (Å²) in [7, 11) is 0. The summed E-state index contributed by atoms with van der Waals surface area (Å²) in [5.41, 5.74) is 0.633. The maximum Gasteiger partial charge on any atom is 0.290 e. The molecule has 1 heterocycles. The van der Waals surface area contributed by atoms with Crippen molar-refractivity contribution in [1.82, 2.24) is 4.98 Å². The molecule has 1 N–H and O–H groups in total. The zero-order valence-corrected chi connectivity index (χ0v) is 10.8. The van der Waals surface area contributed by atoms with Crippen LogP contribution in [0, 0.1) is 17.0 Å². The number of pyridine rings is 1. The minimum absolute atomic E-state index is 0.0513. The Morgan fingerprint density at radius 3 is 2.65 bits per heavy atom. The van der Waals surface area contributed by atoms with Crippen LogP contribution in [0.1, 0.15) is 39.2 Å². The zero-order chi connectivity index (χ0) is 13.1. The molecule has 5 heteroatoms. The van der Waals surface area contributed by atoms with Crippen molar-refractivity contribution in [2.24, 2.45) is 0 Å². The average molecular weight is 237 g/mol. The fourth-order valence-electron chi connectivity index (χ4n) is 1.84.